The summed E-state index contributed by atoms with van der Waals surface area (Å²) in [6.45, 7) is 4.17. The summed E-state index contributed by atoms with van der Waals surface area (Å²) < 4.78 is 34.3. The van der Waals surface area contributed by atoms with Crippen molar-refractivity contribution < 1.29 is 42.1 Å². The van der Waals surface area contributed by atoms with Gasteiger partial charge in [-0.1, -0.05) is 286 Å². The van der Waals surface area contributed by atoms with Crippen LogP contribution in [0, 0.1) is 0 Å². The first-order valence-corrected chi connectivity index (χ1v) is 33.6. The van der Waals surface area contributed by atoms with Crippen molar-refractivity contribution in [2.45, 2.75) is 296 Å². The monoisotopic (exact) mass is 1100 g/mol. The van der Waals surface area contributed by atoms with Crippen molar-refractivity contribution in [3.05, 3.63) is 72.9 Å². The molecule has 0 rings (SSSR count). The second-order valence-electron chi connectivity index (χ2n) is 22.8. The first-order valence-electron chi connectivity index (χ1n) is 32.1. The van der Waals surface area contributed by atoms with Crippen LogP contribution in [0.25, 0.3) is 0 Å². The van der Waals surface area contributed by atoms with Gasteiger partial charge in [-0.2, -0.15) is 0 Å². The van der Waals surface area contributed by atoms with Crippen LogP contribution >= 0.6 is 7.82 Å². The highest BCUT2D eigenvalue weighted by Crippen LogP contribution is 2.38. The molecule has 0 aliphatic carbocycles. The summed E-state index contributed by atoms with van der Waals surface area (Å²) >= 11 is 0. The number of carbonyl (C=O) groups is 2. The molecule has 0 bridgehead atoms. The molecule has 10 heteroatoms. The molecule has 448 valence electrons. The molecule has 0 aromatic carbocycles. The van der Waals surface area contributed by atoms with Crippen molar-refractivity contribution in [3.63, 3.8) is 0 Å². The van der Waals surface area contributed by atoms with Gasteiger partial charge in [0.25, 0.3) is 7.82 Å². The molecule has 77 heavy (non-hydrogen) atoms. The van der Waals surface area contributed by atoms with Gasteiger partial charge in [0.05, 0.1) is 27.7 Å². The van der Waals surface area contributed by atoms with Crippen molar-refractivity contribution in [3.8, 4) is 0 Å². The number of hydrogen-bond donors (Lipinski definition) is 0. The molecule has 9 nitrogen and oxygen atoms in total. The lowest BCUT2D eigenvalue weighted by atomic mass is 10.0. The van der Waals surface area contributed by atoms with E-state index >= 15 is 0 Å². The molecule has 0 N–H and O–H groups in total. The lowest BCUT2D eigenvalue weighted by Crippen LogP contribution is -2.37. The van der Waals surface area contributed by atoms with Crippen LogP contribution in [0.3, 0.4) is 0 Å². The zero-order valence-electron chi connectivity index (χ0n) is 50.9. The lowest BCUT2D eigenvalue weighted by molar-refractivity contribution is -0.870. The Morgan fingerprint density at radius 2 is 0.740 bits per heavy atom. The quantitative estimate of drug-likeness (QED) is 0.0195. The molecule has 2 atom stereocenters. The molecule has 0 aromatic heterocycles. The van der Waals surface area contributed by atoms with E-state index in [0.29, 0.717) is 17.4 Å². The van der Waals surface area contributed by atoms with E-state index in [9.17, 15) is 19.0 Å². The molecule has 0 heterocycles. The van der Waals surface area contributed by atoms with Crippen molar-refractivity contribution in [1.82, 2.24) is 0 Å². The number of phosphoric acid groups is 1. The van der Waals surface area contributed by atoms with Crippen LogP contribution in [0.2, 0.25) is 0 Å². The molecule has 0 fully saturated rings. The Hall–Kier alpha value is -2.55. The minimum absolute atomic E-state index is 0.0308. The SMILES string of the molecule is CC/C=C\C/C=C\C/C=C\C/C=C\C/C=C\C/C=C\CCCCCCCCCCCCCCCCC(=O)OC(COC(=O)CCCCCCCCCCCCCCCCCCCCCC)COP(=O)([O-])OCC[N+](C)(C)C. The molecule has 0 aliphatic rings. The summed E-state index contributed by atoms with van der Waals surface area (Å²) in [7, 11) is 1.17. The largest absolute Gasteiger partial charge is 0.756 e. The second kappa shape index (κ2) is 58.1. The Morgan fingerprint density at radius 3 is 1.10 bits per heavy atom. The van der Waals surface area contributed by atoms with Gasteiger partial charge in [-0.05, 0) is 64.2 Å². The minimum Gasteiger partial charge on any atom is -0.756 e. The Morgan fingerprint density at radius 1 is 0.416 bits per heavy atom. The highest BCUT2D eigenvalue weighted by Gasteiger charge is 2.22. The minimum atomic E-state index is -4.64. The molecule has 0 spiro atoms. The third-order valence-corrected chi connectivity index (χ3v) is 15.0. The van der Waals surface area contributed by atoms with Gasteiger partial charge in [0, 0.05) is 12.8 Å². The Bertz CT molecular complexity index is 1530. The molecule has 0 saturated carbocycles. The number of unbranched alkanes of at least 4 members (excludes halogenated alkanes) is 33. The standard InChI is InChI=1S/C67H122NO8P/c1-6-8-10-12-14-16-18-20-22-24-26-28-29-30-31-32-33-34-35-36-37-38-39-40-42-44-46-48-50-52-54-56-58-60-67(70)76-65(64-75-77(71,72)74-62-61-68(3,4)5)63-73-66(69)59-57-55-53-51-49-47-45-43-41-27-25-23-21-19-17-15-13-11-9-7-2/h8,10,14,16,20,22,26,28,30-31,33-34,65H,6-7,9,11-13,15,17-19,21,23-25,27,29,32,35-64H2,1-5H3/b10-8-,16-14-,22-20-,28-26-,31-30-,34-33-. The van der Waals surface area contributed by atoms with Gasteiger partial charge in [0.1, 0.15) is 19.8 Å². The van der Waals surface area contributed by atoms with Gasteiger partial charge in [0.15, 0.2) is 6.10 Å². The van der Waals surface area contributed by atoms with Gasteiger partial charge in [-0.25, -0.2) is 0 Å². The van der Waals surface area contributed by atoms with Crippen molar-refractivity contribution >= 4 is 19.8 Å². The van der Waals surface area contributed by atoms with Crippen LogP contribution in [0.4, 0.5) is 0 Å². The van der Waals surface area contributed by atoms with Crippen LogP contribution in [0.1, 0.15) is 290 Å². The van der Waals surface area contributed by atoms with E-state index < -0.39 is 26.5 Å². The topological polar surface area (TPSA) is 111 Å². The van der Waals surface area contributed by atoms with Crippen molar-refractivity contribution in [1.29, 1.82) is 0 Å². The molecule has 0 aromatic rings. The van der Waals surface area contributed by atoms with E-state index in [1.54, 1.807) is 0 Å². The van der Waals surface area contributed by atoms with E-state index in [1.165, 1.54) is 180 Å². The van der Waals surface area contributed by atoms with Crippen LogP contribution in [-0.2, 0) is 32.7 Å². The summed E-state index contributed by atoms with van der Waals surface area (Å²) in [4.78, 5) is 38.0. The maximum atomic E-state index is 12.8. The number of carbonyl (C=O) groups excluding carboxylic acids is 2. The fourth-order valence-corrected chi connectivity index (χ4v) is 9.80. The van der Waals surface area contributed by atoms with Gasteiger partial charge in [0.2, 0.25) is 0 Å². The number of esters is 2. The van der Waals surface area contributed by atoms with E-state index in [0.717, 1.165) is 77.0 Å². The van der Waals surface area contributed by atoms with Gasteiger partial charge in [-0.3, -0.25) is 14.2 Å². The third-order valence-electron chi connectivity index (χ3n) is 14.0. The predicted molar refractivity (Wildman–Crippen MR) is 328 cm³/mol. The maximum absolute atomic E-state index is 12.8. The van der Waals surface area contributed by atoms with E-state index in [1.807, 2.05) is 21.1 Å². The number of ether oxygens (including phenoxy) is 2. The zero-order chi connectivity index (χ0) is 56.3. The summed E-state index contributed by atoms with van der Waals surface area (Å²) in [6, 6.07) is 0. The Labute approximate surface area is 476 Å². The molecule has 0 amide bonds. The average Bonchev–Trinajstić information content (AvgIpc) is 3.39. The number of allylic oxidation sites excluding steroid dienone is 12. The average molecular weight is 1100 g/mol. The predicted octanol–water partition coefficient (Wildman–Crippen LogP) is 19.8. The number of nitrogens with zero attached hydrogens (tertiary/aromatic N) is 1. The number of rotatable bonds is 59. The molecular formula is C67H122NO8P. The first-order chi connectivity index (χ1) is 37.5. The number of phosphoric ester groups is 1. The zero-order valence-corrected chi connectivity index (χ0v) is 51.8. The molecule has 0 radical (unpaired) electrons. The van der Waals surface area contributed by atoms with E-state index in [4.69, 9.17) is 18.5 Å². The van der Waals surface area contributed by atoms with Crippen LogP contribution in [0.15, 0.2) is 72.9 Å². The highest BCUT2D eigenvalue weighted by molar-refractivity contribution is 7.45. The molecule has 2 unspecified atom stereocenters. The second-order valence-corrected chi connectivity index (χ2v) is 24.2. The summed E-state index contributed by atoms with van der Waals surface area (Å²) in [5.41, 5.74) is 0. The Balaban J connectivity index is 4.07. The maximum Gasteiger partial charge on any atom is 0.306 e. The summed E-state index contributed by atoms with van der Waals surface area (Å²) in [5, 5.41) is 0. The van der Waals surface area contributed by atoms with Crippen molar-refractivity contribution in [2.75, 3.05) is 47.5 Å². The molecular weight excluding hydrogens is 978 g/mol. The van der Waals surface area contributed by atoms with Gasteiger partial charge >= 0.3 is 11.9 Å². The molecule has 0 aliphatic heterocycles. The Kier molecular flexibility index (Phi) is 56.2. The summed E-state index contributed by atoms with van der Waals surface area (Å²) in [6.07, 6.45) is 76.7. The van der Waals surface area contributed by atoms with Gasteiger partial charge < -0.3 is 27.9 Å². The number of quaternary nitrogens is 1. The summed E-state index contributed by atoms with van der Waals surface area (Å²) in [5.74, 6) is -0.822. The fourth-order valence-electron chi connectivity index (χ4n) is 9.07. The normalized spacial score (nSPS) is 13.7. The van der Waals surface area contributed by atoms with E-state index in [2.05, 4.69) is 86.8 Å². The number of hydrogen-bond acceptors (Lipinski definition) is 8. The van der Waals surface area contributed by atoms with Gasteiger partial charge in [-0.15, -0.1) is 0 Å². The van der Waals surface area contributed by atoms with Crippen molar-refractivity contribution in [2.24, 2.45) is 0 Å². The highest BCUT2D eigenvalue weighted by atomic mass is 31.2. The molecule has 0 saturated heterocycles. The fraction of sp³-hybridized carbons (Fsp3) is 0.791. The van der Waals surface area contributed by atoms with Crippen LogP contribution in [0.5, 0.6) is 0 Å². The lowest BCUT2D eigenvalue weighted by Gasteiger charge is -2.28. The smallest absolute Gasteiger partial charge is 0.306 e. The third kappa shape index (κ3) is 62.5. The van der Waals surface area contributed by atoms with Crippen LogP contribution in [-0.4, -0.2) is 70.0 Å². The van der Waals surface area contributed by atoms with E-state index in [-0.39, 0.29) is 32.0 Å². The first kappa shape index (κ1) is 74.5. The number of likely N-dealkylation sites (N-methyl/N-ethyl adjacent to an activating group) is 1. The van der Waals surface area contributed by atoms with Crippen LogP contribution < -0.4 is 4.89 Å².